The molecule has 2 aromatic carbocycles. The molecule has 1 amide bonds. The molecule has 0 saturated carbocycles. The van der Waals surface area contributed by atoms with Gasteiger partial charge in [0.25, 0.3) is 5.56 Å². The van der Waals surface area contributed by atoms with Crippen LogP contribution in [0.2, 0.25) is 0 Å². The van der Waals surface area contributed by atoms with Crippen molar-refractivity contribution < 1.29 is 28.8 Å². The summed E-state index contributed by atoms with van der Waals surface area (Å²) in [7, 11) is -1.07. The first-order chi connectivity index (χ1) is 25.4. The van der Waals surface area contributed by atoms with E-state index in [0.29, 0.717) is 48.8 Å². The van der Waals surface area contributed by atoms with Crippen molar-refractivity contribution in [3.63, 3.8) is 0 Å². The number of aryl methyl sites for hydroxylation is 1. The van der Waals surface area contributed by atoms with Crippen LogP contribution in [0.15, 0.2) is 52.4 Å². The first kappa shape index (κ1) is 36.4. The van der Waals surface area contributed by atoms with Gasteiger partial charge in [0.2, 0.25) is 5.91 Å². The van der Waals surface area contributed by atoms with Crippen LogP contribution in [-0.2, 0) is 45.2 Å². The van der Waals surface area contributed by atoms with Crippen molar-refractivity contribution in [2.75, 3.05) is 19.7 Å². The Morgan fingerprint density at radius 1 is 1.13 bits per heavy atom. The lowest BCUT2D eigenvalue weighted by molar-refractivity contribution is -0.148. The van der Waals surface area contributed by atoms with Gasteiger partial charge in [-0.1, -0.05) is 39.8 Å². The van der Waals surface area contributed by atoms with Crippen LogP contribution in [0.5, 0.6) is 5.75 Å². The molecule has 0 fully saturated rings. The minimum atomic E-state index is -1.07. The summed E-state index contributed by atoms with van der Waals surface area (Å²) in [6, 6.07) is 13.5. The van der Waals surface area contributed by atoms with Gasteiger partial charge in [-0.25, -0.2) is 4.98 Å². The number of rotatable bonds is 12. The summed E-state index contributed by atoms with van der Waals surface area (Å²) in [5, 5.41) is 19.3. The number of carbonyl (C=O) groups excluding carboxylic acids is 2. The van der Waals surface area contributed by atoms with Crippen LogP contribution < -0.4 is 21.1 Å². The minimum absolute atomic E-state index is 0.000274. The Kier molecular flexibility index (Phi) is 9.90. The van der Waals surface area contributed by atoms with Crippen molar-refractivity contribution in [1.82, 2.24) is 19.8 Å². The Balaban J connectivity index is 1.04. The largest absolute Gasteiger partial charge is 0.489 e. The average molecular weight is 720 g/mol. The second kappa shape index (κ2) is 14.4. The molecule has 1 unspecified atom stereocenters. The molecule has 13 heteroatoms. The molecule has 0 radical (unpaired) electrons. The fraction of sp³-hybridized carbons (Fsp3) is 0.425. The number of amides is 1. The van der Waals surface area contributed by atoms with Crippen LogP contribution in [0.4, 0.5) is 0 Å². The molecule has 0 bridgehead atoms. The minimum Gasteiger partial charge on any atom is -0.489 e. The van der Waals surface area contributed by atoms with Gasteiger partial charge in [0.1, 0.15) is 25.5 Å². The SMILES string of the molecule is CCc1c2c(nc3ccc(OCc4ccc5c(c4)C=NN(CC(=O)NCC(C)(C)OCC(C)C)B5O)cc13)-c1cc3c(c(=O)n1C2)COC(=O)C3CC. The Bertz CT molecular complexity index is 2200. The predicted molar refractivity (Wildman–Crippen MR) is 203 cm³/mol. The maximum absolute atomic E-state index is 13.6. The number of esters is 1. The summed E-state index contributed by atoms with van der Waals surface area (Å²) in [4.78, 5) is 45.2. The van der Waals surface area contributed by atoms with Crippen LogP contribution in [0.25, 0.3) is 22.3 Å². The highest BCUT2D eigenvalue weighted by molar-refractivity contribution is 6.65. The van der Waals surface area contributed by atoms with E-state index in [0.717, 1.165) is 56.5 Å². The molecule has 12 nitrogen and oxygen atoms in total. The van der Waals surface area contributed by atoms with Crippen LogP contribution in [0.3, 0.4) is 0 Å². The van der Waals surface area contributed by atoms with Gasteiger partial charge in [-0.2, -0.15) is 5.10 Å². The van der Waals surface area contributed by atoms with E-state index in [1.807, 2.05) is 63.2 Å². The number of fused-ring (bicyclic) bond motifs is 6. The number of pyridine rings is 2. The molecular weight excluding hydrogens is 673 g/mol. The average Bonchev–Trinajstić information content (AvgIpc) is 3.50. The molecule has 7 rings (SSSR count). The molecule has 53 heavy (non-hydrogen) atoms. The summed E-state index contributed by atoms with van der Waals surface area (Å²) in [5.41, 5.74) is 7.42. The highest BCUT2D eigenvalue weighted by Gasteiger charge is 2.35. The summed E-state index contributed by atoms with van der Waals surface area (Å²) in [6.07, 6.45) is 2.95. The Labute approximate surface area is 309 Å². The van der Waals surface area contributed by atoms with E-state index in [1.165, 1.54) is 4.92 Å². The van der Waals surface area contributed by atoms with Crippen LogP contribution in [0, 0.1) is 5.92 Å². The molecule has 3 aliphatic heterocycles. The topological polar surface area (TPSA) is 145 Å². The summed E-state index contributed by atoms with van der Waals surface area (Å²) in [6.45, 7) is 13.6. The lowest BCUT2D eigenvalue weighted by Crippen LogP contribution is -2.53. The van der Waals surface area contributed by atoms with Crippen molar-refractivity contribution in [1.29, 1.82) is 0 Å². The smallest absolute Gasteiger partial charge is 0.467 e. The van der Waals surface area contributed by atoms with Crippen molar-refractivity contribution in [3.05, 3.63) is 86.2 Å². The van der Waals surface area contributed by atoms with E-state index in [1.54, 1.807) is 10.8 Å². The third-order valence-electron chi connectivity index (χ3n) is 10.2. The van der Waals surface area contributed by atoms with Gasteiger partial charge < -0.3 is 29.1 Å². The number of nitrogens with zero attached hydrogens (tertiary/aromatic N) is 4. The fourth-order valence-corrected chi connectivity index (χ4v) is 7.33. The molecule has 2 N–H and O–H groups in total. The van der Waals surface area contributed by atoms with Gasteiger partial charge in [-0.3, -0.25) is 19.3 Å². The van der Waals surface area contributed by atoms with Gasteiger partial charge in [0.05, 0.1) is 46.7 Å². The number of nitrogens with one attached hydrogen (secondary N) is 1. The zero-order chi connectivity index (χ0) is 37.6. The molecule has 1 atom stereocenters. The van der Waals surface area contributed by atoms with Gasteiger partial charge in [-0.15, -0.1) is 0 Å². The van der Waals surface area contributed by atoms with E-state index < -0.39 is 18.6 Å². The molecule has 276 valence electrons. The normalized spacial score (nSPS) is 16.0. The van der Waals surface area contributed by atoms with Gasteiger partial charge in [0, 0.05) is 24.1 Å². The zero-order valence-electron chi connectivity index (χ0n) is 31.2. The van der Waals surface area contributed by atoms with Crippen molar-refractivity contribution in [3.8, 4) is 17.1 Å². The summed E-state index contributed by atoms with van der Waals surface area (Å²) in [5.74, 6) is 0.0749. The molecule has 0 saturated heterocycles. The number of hydrazone groups is 1. The number of ether oxygens (including phenoxy) is 3. The maximum atomic E-state index is 13.6. The Morgan fingerprint density at radius 3 is 2.70 bits per heavy atom. The predicted octanol–water partition coefficient (Wildman–Crippen LogP) is 4.02. The Morgan fingerprint density at radius 2 is 1.94 bits per heavy atom. The molecule has 0 spiro atoms. The molecule has 2 aromatic heterocycles. The lowest BCUT2D eigenvalue weighted by Gasteiger charge is -2.29. The first-order valence-electron chi connectivity index (χ1n) is 18.4. The van der Waals surface area contributed by atoms with Crippen molar-refractivity contribution >= 4 is 41.5 Å². The second-order valence-corrected chi connectivity index (χ2v) is 15.1. The van der Waals surface area contributed by atoms with E-state index >= 15 is 0 Å². The molecule has 4 aromatic rings. The first-order valence-corrected chi connectivity index (χ1v) is 18.4. The van der Waals surface area contributed by atoms with Gasteiger partial charge >= 0.3 is 13.0 Å². The van der Waals surface area contributed by atoms with Crippen molar-refractivity contribution in [2.45, 2.75) is 85.7 Å². The van der Waals surface area contributed by atoms with Crippen molar-refractivity contribution in [2.24, 2.45) is 11.0 Å². The number of carbonyl (C=O) groups is 2. The highest BCUT2D eigenvalue weighted by atomic mass is 16.5. The number of hydrogen-bond acceptors (Lipinski definition) is 10. The summed E-state index contributed by atoms with van der Waals surface area (Å²) >= 11 is 0. The van der Waals surface area contributed by atoms with E-state index in [-0.39, 0.29) is 37.2 Å². The standard InChI is InChI=1S/C40H46BN5O7/c1-7-27-30-14-26(10-12-34(30)44-37-31(27)17-45-35(37)15-29-28(8-2)39(49)52-21-32(29)38(45)48)51-20-24-9-11-33-25(13-24)16-43-46(41(33)50)18-36(47)42-22-40(5,6)53-19-23(3)4/h9-16,23,28,50H,7-8,17-22H2,1-6H3,(H,42,47). The maximum Gasteiger partial charge on any atom is 0.467 e. The Hall–Kier alpha value is -5.01. The number of benzene rings is 2. The fourth-order valence-electron chi connectivity index (χ4n) is 7.33. The van der Waals surface area contributed by atoms with Gasteiger partial charge in [0.15, 0.2) is 0 Å². The van der Waals surface area contributed by atoms with Crippen LogP contribution in [-0.4, -0.2) is 69.9 Å². The molecule has 3 aliphatic rings. The lowest BCUT2D eigenvalue weighted by atomic mass is 9.69. The number of cyclic esters (lactones) is 1. The number of aromatic nitrogens is 2. The molecule has 5 heterocycles. The van der Waals surface area contributed by atoms with E-state index in [2.05, 4.69) is 31.2 Å². The molecule has 0 aliphatic carbocycles. The quantitative estimate of drug-likeness (QED) is 0.144. The van der Waals surface area contributed by atoms with E-state index in [4.69, 9.17) is 19.2 Å². The number of hydrogen-bond donors (Lipinski definition) is 2. The third-order valence-corrected chi connectivity index (χ3v) is 10.2. The van der Waals surface area contributed by atoms with Crippen LogP contribution >= 0.6 is 0 Å². The third kappa shape index (κ3) is 7.07. The van der Waals surface area contributed by atoms with Gasteiger partial charge in [-0.05, 0) is 90.7 Å². The monoisotopic (exact) mass is 719 g/mol. The molecular formula is C40H46BN5O7. The van der Waals surface area contributed by atoms with E-state index in [9.17, 15) is 19.4 Å². The second-order valence-electron chi connectivity index (χ2n) is 15.1. The zero-order valence-corrected chi connectivity index (χ0v) is 31.2. The van der Waals surface area contributed by atoms with Crippen LogP contribution in [0.1, 0.15) is 87.3 Å². The summed E-state index contributed by atoms with van der Waals surface area (Å²) < 4.78 is 19.3. The highest BCUT2D eigenvalue weighted by Crippen LogP contribution is 2.39.